The molecule has 0 saturated heterocycles. The van der Waals surface area contributed by atoms with E-state index in [1.54, 1.807) is 18.2 Å². The van der Waals surface area contributed by atoms with Crippen molar-refractivity contribution in [1.82, 2.24) is 0 Å². The number of rotatable bonds is 3. The van der Waals surface area contributed by atoms with Crippen molar-refractivity contribution in [2.24, 2.45) is 0 Å². The van der Waals surface area contributed by atoms with Gasteiger partial charge in [-0.15, -0.1) is 0 Å². The zero-order valence-corrected chi connectivity index (χ0v) is 15.4. The number of amides is 2. The summed E-state index contributed by atoms with van der Waals surface area (Å²) in [6.07, 6.45) is 0. The molecule has 2 amide bonds. The summed E-state index contributed by atoms with van der Waals surface area (Å²) in [5.74, 6) is -6.99. The van der Waals surface area contributed by atoms with Gasteiger partial charge >= 0.3 is 0 Å². The van der Waals surface area contributed by atoms with Crippen molar-refractivity contribution < 1.29 is 22.8 Å². The first kappa shape index (κ1) is 18.9. The second-order valence-corrected chi connectivity index (χ2v) is 7.15. The molecule has 2 N–H and O–H groups in total. The lowest BCUT2D eigenvalue weighted by Gasteiger charge is -2.25. The number of carbonyl (C=O) groups is 2. The number of para-hydroxylation sites is 1. The Kier molecular flexibility index (Phi) is 4.49. The van der Waals surface area contributed by atoms with Crippen LogP contribution in [0, 0.1) is 17.5 Å². The van der Waals surface area contributed by atoms with E-state index in [0.717, 1.165) is 4.90 Å². The van der Waals surface area contributed by atoms with Gasteiger partial charge in [-0.1, -0.05) is 45.9 Å². The standard InChI is InChI=1S/C20H19F3N2O2/c1-8(2)10-6-5-7-11(9(3)4)18(10)25-19(26)12-13(20(25)27)15(22)17(24)16(23)14(12)21/h5-9H,24H2,1-4H3. The highest BCUT2D eigenvalue weighted by Gasteiger charge is 2.45. The van der Waals surface area contributed by atoms with Gasteiger partial charge in [0, 0.05) is 0 Å². The molecule has 3 rings (SSSR count). The van der Waals surface area contributed by atoms with E-state index >= 15 is 0 Å². The number of hydrogen-bond acceptors (Lipinski definition) is 3. The van der Waals surface area contributed by atoms with Crippen LogP contribution in [0.2, 0.25) is 0 Å². The van der Waals surface area contributed by atoms with Gasteiger partial charge in [0.05, 0.1) is 16.8 Å². The van der Waals surface area contributed by atoms with Crippen LogP contribution in [0.1, 0.15) is 71.4 Å². The third-order valence-electron chi connectivity index (χ3n) is 4.75. The second-order valence-electron chi connectivity index (χ2n) is 7.15. The van der Waals surface area contributed by atoms with Crippen molar-refractivity contribution in [3.63, 3.8) is 0 Å². The van der Waals surface area contributed by atoms with Gasteiger partial charge in [0.15, 0.2) is 17.5 Å². The Bertz CT molecular complexity index is 911. The summed E-state index contributed by atoms with van der Waals surface area (Å²) in [6, 6.07) is 5.29. The Hall–Kier alpha value is -2.83. The Balaban J connectivity index is 2.34. The minimum atomic E-state index is -1.67. The van der Waals surface area contributed by atoms with Crippen LogP contribution in [0.4, 0.5) is 24.5 Å². The predicted octanol–water partition coefficient (Wildman–Crippen LogP) is 4.73. The van der Waals surface area contributed by atoms with Gasteiger partial charge in [-0.05, 0) is 23.0 Å². The molecular weight excluding hydrogens is 357 g/mol. The first-order chi connectivity index (χ1) is 12.6. The lowest BCUT2D eigenvalue weighted by molar-refractivity contribution is 0.0923. The Morgan fingerprint density at radius 2 is 1.26 bits per heavy atom. The SMILES string of the molecule is CC(C)c1cccc(C(C)C)c1N1C(=O)c2c(F)c(N)c(F)c(F)c2C1=O. The van der Waals surface area contributed by atoms with Crippen LogP contribution in [0.3, 0.4) is 0 Å². The zero-order valence-electron chi connectivity index (χ0n) is 15.4. The number of fused-ring (bicyclic) bond motifs is 1. The number of benzene rings is 2. The van der Waals surface area contributed by atoms with Crippen molar-refractivity contribution >= 4 is 23.2 Å². The zero-order chi connectivity index (χ0) is 20.2. The van der Waals surface area contributed by atoms with Crippen molar-refractivity contribution in [2.75, 3.05) is 10.6 Å². The van der Waals surface area contributed by atoms with Gasteiger partial charge < -0.3 is 5.73 Å². The fourth-order valence-electron chi connectivity index (χ4n) is 3.37. The molecule has 0 saturated carbocycles. The first-order valence-corrected chi connectivity index (χ1v) is 8.57. The van der Waals surface area contributed by atoms with E-state index in [-0.39, 0.29) is 17.5 Å². The summed E-state index contributed by atoms with van der Waals surface area (Å²) >= 11 is 0. The normalized spacial score (nSPS) is 13.9. The maximum Gasteiger partial charge on any atom is 0.269 e. The van der Waals surface area contributed by atoms with E-state index in [2.05, 4.69) is 0 Å². The molecule has 0 atom stereocenters. The van der Waals surface area contributed by atoms with Crippen molar-refractivity contribution in [3.05, 3.63) is 57.9 Å². The molecule has 2 aromatic rings. The lowest BCUT2D eigenvalue weighted by atomic mass is 9.92. The average Bonchev–Trinajstić information content (AvgIpc) is 2.87. The number of nitrogen functional groups attached to an aromatic ring is 1. The largest absolute Gasteiger partial charge is 0.394 e. The van der Waals surface area contributed by atoms with Crippen LogP contribution in [0.15, 0.2) is 18.2 Å². The fourth-order valence-corrected chi connectivity index (χ4v) is 3.37. The Labute approximate surface area is 154 Å². The maximum atomic E-state index is 14.4. The van der Waals surface area contributed by atoms with E-state index in [1.165, 1.54) is 0 Å². The monoisotopic (exact) mass is 376 g/mol. The van der Waals surface area contributed by atoms with Crippen LogP contribution in [0.25, 0.3) is 0 Å². The predicted molar refractivity (Wildman–Crippen MR) is 96.5 cm³/mol. The molecule has 1 heterocycles. The quantitative estimate of drug-likeness (QED) is 0.478. The van der Waals surface area contributed by atoms with E-state index in [0.29, 0.717) is 11.1 Å². The van der Waals surface area contributed by atoms with Gasteiger partial charge in [-0.2, -0.15) is 0 Å². The smallest absolute Gasteiger partial charge is 0.269 e. The Morgan fingerprint density at radius 3 is 1.70 bits per heavy atom. The maximum absolute atomic E-state index is 14.4. The number of hydrogen-bond donors (Lipinski definition) is 1. The van der Waals surface area contributed by atoms with Crippen LogP contribution < -0.4 is 10.6 Å². The van der Waals surface area contributed by atoms with Crippen LogP contribution in [-0.4, -0.2) is 11.8 Å². The van der Waals surface area contributed by atoms with E-state index in [4.69, 9.17) is 5.73 Å². The van der Waals surface area contributed by atoms with Gasteiger partial charge in [-0.25, -0.2) is 18.1 Å². The number of nitrogens with two attached hydrogens (primary N) is 1. The van der Waals surface area contributed by atoms with Gasteiger partial charge in [0.25, 0.3) is 11.8 Å². The molecule has 142 valence electrons. The molecule has 2 aromatic carbocycles. The average molecular weight is 376 g/mol. The molecule has 1 aliphatic heterocycles. The number of halogens is 3. The molecule has 0 aromatic heterocycles. The first-order valence-electron chi connectivity index (χ1n) is 8.57. The molecule has 27 heavy (non-hydrogen) atoms. The van der Waals surface area contributed by atoms with Crippen LogP contribution >= 0.6 is 0 Å². The molecular formula is C20H19F3N2O2. The highest BCUT2D eigenvalue weighted by molar-refractivity contribution is 6.35. The van der Waals surface area contributed by atoms with E-state index in [1.807, 2.05) is 27.7 Å². The van der Waals surface area contributed by atoms with Gasteiger partial charge in [0.2, 0.25) is 0 Å². The van der Waals surface area contributed by atoms with E-state index < -0.39 is 46.1 Å². The summed E-state index contributed by atoms with van der Waals surface area (Å²) < 4.78 is 42.7. The molecule has 0 radical (unpaired) electrons. The molecule has 0 bridgehead atoms. The Morgan fingerprint density at radius 1 is 0.815 bits per heavy atom. The molecule has 4 nitrogen and oxygen atoms in total. The lowest BCUT2D eigenvalue weighted by Crippen LogP contribution is -2.32. The van der Waals surface area contributed by atoms with Crippen LogP contribution in [-0.2, 0) is 0 Å². The molecule has 0 aliphatic carbocycles. The van der Waals surface area contributed by atoms with Crippen LogP contribution in [0.5, 0.6) is 0 Å². The summed E-state index contributed by atoms with van der Waals surface area (Å²) in [5, 5.41) is 0. The summed E-state index contributed by atoms with van der Waals surface area (Å²) in [7, 11) is 0. The summed E-state index contributed by atoms with van der Waals surface area (Å²) in [6.45, 7) is 7.50. The second kappa shape index (κ2) is 6.40. The third-order valence-corrected chi connectivity index (χ3v) is 4.75. The number of carbonyl (C=O) groups excluding carboxylic acids is 2. The molecule has 0 fully saturated rings. The fraction of sp³-hybridized carbons (Fsp3) is 0.300. The summed E-state index contributed by atoms with van der Waals surface area (Å²) in [4.78, 5) is 26.5. The molecule has 0 unspecified atom stereocenters. The highest BCUT2D eigenvalue weighted by Crippen LogP contribution is 2.41. The molecule has 1 aliphatic rings. The summed E-state index contributed by atoms with van der Waals surface area (Å²) in [5.41, 5.74) is 3.99. The number of anilines is 2. The number of nitrogens with zero attached hydrogens (tertiary/aromatic N) is 1. The minimum Gasteiger partial charge on any atom is -0.394 e. The topological polar surface area (TPSA) is 63.4 Å². The van der Waals surface area contributed by atoms with Gasteiger partial charge in [-0.3, -0.25) is 9.59 Å². The van der Waals surface area contributed by atoms with E-state index in [9.17, 15) is 22.8 Å². The number of imide groups is 1. The highest BCUT2D eigenvalue weighted by atomic mass is 19.2. The van der Waals surface area contributed by atoms with Crippen molar-refractivity contribution in [2.45, 2.75) is 39.5 Å². The molecule has 7 heteroatoms. The van der Waals surface area contributed by atoms with Crippen molar-refractivity contribution in [1.29, 1.82) is 0 Å². The third kappa shape index (κ3) is 2.60. The van der Waals surface area contributed by atoms with Gasteiger partial charge in [0.1, 0.15) is 5.69 Å². The molecule has 0 spiro atoms. The van der Waals surface area contributed by atoms with Crippen molar-refractivity contribution in [3.8, 4) is 0 Å². The minimum absolute atomic E-state index is 0.0699.